The second-order valence-electron chi connectivity index (χ2n) is 7.11. The van der Waals surface area contributed by atoms with Crippen LogP contribution in [0.1, 0.15) is 30.4 Å². The first-order valence-electron chi connectivity index (χ1n) is 9.27. The molecule has 2 fully saturated rings. The van der Waals surface area contributed by atoms with E-state index < -0.39 is 0 Å². The van der Waals surface area contributed by atoms with E-state index in [0.29, 0.717) is 13.1 Å². The molecule has 0 radical (unpaired) electrons. The van der Waals surface area contributed by atoms with Crippen molar-refractivity contribution < 1.29 is 14.3 Å². The fraction of sp³-hybridized carbons (Fsp3) is 0.579. The van der Waals surface area contributed by atoms with Crippen molar-refractivity contribution in [3.63, 3.8) is 0 Å². The van der Waals surface area contributed by atoms with Crippen LogP contribution in [0.15, 0.2) is 18.2 Å². The Labute approximate surface area is 148 Å². The summed E-state index contributed by atoms with van der Waals surface area (Å²) in [6.45, 7) is 2.99. The van der Waals surface area contributed by atoms with Crippen molar-refractivity contribution in [3.05, 3.63) is 29.3 Å². The number of hydrogen-bond donors (Lipinski definition) is 1. The first kappa shape index (κ1) is 16.2. The lowest BCUT2D eigenvalue weighted by atomic mass is 10.0. The number of amides is 3. The molecule has 3 aliphatic rings. The molecule has 0 bridgehead atoms. The zero-order chi connectivity index (χ0) is 17.2. The van der Waals surface area contributed by atoms with Gasteiger partial charge < -0.3 is 19.9 Å². The highest BCUT2D eigenvalue weighted by Crippen LogP contribution is 2.26. The Morgan fingerprint density at radius 3 is 2.72 bits per heavy atom. The summed E-state index contributed by atoms with van der Waals surface area (Å²) in [5, 5.41) is 2.84. The van der Waals surface area contributed by atoms with Gasteiger partial charge in [0, 0.05) is 32.2 Å². The van der Waals surface area contributed by atoms with Gasteiger partial charge >= 0.3 is 6.03 Å². The number of nitrogens with zero attached hydrogens (tertiary/aromatic N) is 2. The average molecular weight is 343 g/mol. The molecule has 2 aliphatic heterocycles. The number of rotatable bonds is 4. The summed E-state index contributed by atoms with van der Waals surface area (Å²) >= 11 is 0. The van der Waals surface area contributed by atoms with Crippen molar-refractivity contribution in [2.24, 2.45) is 0 Å². The van der Waals surface area contributed by atoms with Crippen molar-refractivity contribution in [2.75, 3.05) is 32.8 Å². The van der Waals surface area contributed by atoms with Crippen LogP contribution in [-0.4, -0.2) is 60.6 Å². The van der Waals surface area contributed by atoms with Gasteiger partial charge in [-0.15, -0.1) is 0 Å². The number of hydrogen-bond acceptors (Lipinski definition) is 3. The third kappa shape index (κ3) is 3.43. The molecule has 0 atom stereocenters. The van der Waals surface area contributed by atoms with Gasteiger partial charge in [0.05, 0.1) is 0 Å². The number of likely N-dealkylation sites (tertiary alicyclic amines) is 1. The quantitative estimate of drug-likeness (QED) is 0.903. The average Bonchev–Trinajstić information content (AvgIpc) is 3.28. The smallest absolute Gasteiger partial charge is 0.317 e. The maximum absolute atomic E-state index is 12.4. The predicted octanol–water partition coefficient (Wildman–Crippen LogP) is 1.57. The Hall–Kier alpha value is -2.24. The maximum atomic E-state index is 12.4. The van der Waals surface area contributed by atoms with Crippen LogP contribution in [0.3, 0.4) is 0 Å². The zero-order valence-corrected chi connectivity index (χ0v) is 14.5. The number of nitrogens with one attached hydrogen (secondary N) is 1. The Kier molecular flexibility index (Phi) is 4.51. The van der Waals surface area contributed by atoms with E-state index in [2.05, 4.69) is 17.4 Å². The summed E-state index contributed by atoms with van der Waals surface area (Å²) in [6, 6.07) is 6.45. The van der Waals surface area contributed by atoms with E-state index in [4.69, 9.17) is 4.74 Å². The number of carbonyl (C=O) groups excluding carboxylic acids is 2. The van der Waals surface area contributed by atoms with Gasteiger partial charge in [-0.1, -0.05) is 6.07 Å². The van der Waals surface area contributed by atoms with Crippen molar-refractivity contribution in [1.29, 1.82) is 0 Å². The van der Waals surface area contributed by atoms with E-state index in [-0.39, 0.29) is 24.6 Å². The highest BCUT2D eigenvalue weighted by atomic mass is 16.5. The second kappa shape index (κ2) is 6.94. The highest BCUT2D eigenvalue weighted by molar-refractivity contribution is 5.78. The summed E-state index contributed by atoms with van der Waals surface area (Å²) in [7, 11) is 0. The molecule has 2 saturated heterocycles. The van der Waals surface area contributed by atoms with Crippen LogP contribution in [0.2, 0.25) is 0 Å². The predicted molar refractivity (Wildman–Crippen MR) is 93.7 cm³/mol. The first-order valence-corrected chi connectivity index (χ1v) is 9.27. The minimum absolute atomic E-state index is 0.0321. The van der Waals surface area contributed by atoms with Crippen LogP contribution in [0, 0.1) is 0 Å². The lowest BCUT2D eigenvalue weighted by molar-refractivity contribution is -0.134. The van der Waals surface area contributed by atoms with Gasteiger partial charge in [-0.05, 0) is 55.4 Å². The highest BCUT2D eigenvalue weighted by Gasteiger charge is 2.31. The maximum Gasteiger partial charge on any atom is 0.317 e. The minimum Gasteiger partial charge on any atom is -0.484 e. The van der Waals surface area contributed by atoms with Gasteiger partial charge in [0.25, 0.3) is 5.91 Å². The Bertz CT molecular complexity index is 668. The SMILES string of the molecule is O=C(COc1ccc2c(c1)CCC2)N1CCC(N2CCNC2=O)CC1. The molecule has 1 aromatic rings. The van der Waals surface area contributed by atoms with E-state index in [0.717, 1.165) is 44.5 Å². The Balaban J connectivity index is 1.26. The molecule has 2 heterocycles. The number of aryl methyl sites for hydroxylation is 2. The van der Waals surface area contributed by atoms with Crippen LogP contribution < -0.4 is 10.1 Å². The third-order valence-electron chi connectivity index (χ3n) is 5.58. The molecule has 1 aliphatic carbocycles. The molecule has 134 valence electrons. The van der Waals surface area contributed by atoms with Gasteiger partial charge in [0.1, 0.15) is 5.75 Å². The lowest BCUT2D eigenvalue weighted by Gasteiger charge is -2.36. The van der Waals surface area contributed by atoms with Crippen LogP contribution >= 0.6 is 0 Å². The number of benzene rings is 1. The first-order chi connectivity index (χ1) is 12.2. The lowest BCUT2D eigenvalue weighted by Crippen LogP contribution is -2.48. The molecule has 1 aromatic carbocycles. The van der Waals surface area contributed by atoms with Gasteiger partial charge in [0.2, 0.25) is 0 Å². The van der Waals surface area contributed by atoms with E-state index in [1.165, 1.54) is 17.5 Å². The van der Waals surface area contributed by atoms with Gasteiger partial charge in [-0.2, -0.15) is 0 Å². The standard InChI is InChI=1S/C19H25N3O3/c23-18(13-25-17-5-4-14-2-1-3-15(14)12-17)21-9-6-16(7-10-21)22-11-8-20-19(22)24/h4-5,12,16H,1-3,6-11,13H2,(H,20,24). The molecule has 1 N–H and O–H groups in total. The summed E-state index contributed by atoms with van der Waals surface area (Å²) in [5.74, 6) is 0.822. The van der Waals surface area contributed by atoms with E-state index in [9.17, 15) is 9.59 Å². The van der Waals surface area contributed by atoms with Gasteiger partial charge in [0.15, 0.2) is 6.61 Å². The van der Waals surface area contributed by atoms with Crippen LogP contribution in [0.4, 0.5) is 4.79 Å². The summed E-state index contributed by atoms with van der Waals surface area (Å²) in [5.41, 5.74) is 2.77. The molecule has 6 nitrogen and oxygen atoms in total. The number of piperidine rings is 1. The monoisotopic (exact) mass is 343 g/mol. The van der Waals surface area contributed by atoms with E-state index in [1.807, 2.05) is 15.9 Å². The van der Waals surface area contributed by atoms with Crippen molar-refractivity contribution in [1.82, 2.24) is 15.1 Å². The topological polar surface area (TPSA) is 61.9 Å². The Morgan fingerprint density at radius 1 is 1.16 bits per heavy atom. The number of urea groups is 1. The summed E-state index contributed by atoms with van der Waals surface area (Å²) in [4.78, 5) is 27.9. The molecular weight excluding hydrogens is 318 g/mol. The van der Waals surface area contributed by atoms with Crippen LogP contribution in [0.5, 0.6) is 5.75 Å². The molecule has 3 amide bonds. The molecule has 0 unspecified atom stereocenters. The van der Waals surface area contributed by atoms with E-state index >= 15 is 0 Å². The van der Waals surface area contributed by atoms with Crippen LogP contribution in [-0.2, 0) is 17.6 Å². The van der Waals surface area contributed by atoms with E-state index in [1.54, 1.807) is 0 Å². The molecule has 4 rings (SSSR count). The molecule has 25 heavy (non-hydrogen) atoms. The van der Waals surface area contributed by atoms with Gasteiger partial charge in [-0.3, -0.25) is 4.79 Å². The molecule has 0 aromatic heterocycles. The second-order valence-corrected chi connectivity index (χ2v) is 7.11. The summed E-state index contributed by atoms with van der Waals surface area (Å²) < 4.78 is 5.72. The number of carbonyl (C=O) groups is 2. The number of ether oxygens (including phenoxy) is 1. The fourth-order valence-corrected chi connectivity index (χ4v) is 4.14. The largest absolute Gasteiger partial charge is 0.484 e. The molecular formula is C19H25N3O3. The van der Waals surface area contributed by atoms with Crippen molar-refractivity contribution in [2.45, 2.75) is 38.1 Å². The van der Waals surface area contributed by atoms with Crippen molar-refractivity contribution >= 4 is 11.9 Å². The minimum atomic E-state index is 0.0321. The van der Waals surface area contributed by atoms with Gasteiger partial charge in [-0.25, -0.2) is 4.79 Å². The molecule has 0 saturated carbocycles. The third-order valence-corrected chi connectivity index (χ3v) is 5.58. The Morgan fingerprint density at radius 2 is 1.96 bits per heavy atom. The molecule has 0 spiro atoms. The zero-order valence-electron chi connectivity index (χ0n) is 14.5. The molecule has 6 heteroatoms. The fourth-order valence-electron chi connectivity index (χ4n) is 4.14. The number of fused-ring (bicyclic) bond motifs is 1. The normalized spacial score (nSPS) is 20.6. The van der Waals surface area contributed by atoms with Crippen LogP contribution in [0.25, 0.3) is 0 Å². The summed E-state index contributed by atoms with van der Waals surface area (Å²) in [6.07, 6.45) is 5.16. The van der Waals surface area contributed by atoms with Crippen molar-refractivity contribution in [3.8, 4) is 5.75 Å².